The third kappa shape index (κ3) is 5.93. The number of rotatable bonds is 9. The zero-order chi connectivity index (χ0) is 29.3. The fourth-order valence-electron chi connectivity index (χ4n) is 5.60. The molecule has 7 atom stereocenters. The number of halogens is 2. The number of β-lactam (4-membered cyclic amide) rings is 1. The number of Topliss-reactive ketones (excluding diaryl/α,β-unsaturated/α-hetero) is 1. The number of nitrogens with zero attached hydrogens (tertiary/aromatic N) is 1. The number of aliphatic hydroxyl groups is 4. The first-order valence-electron chi connectivity index (χ1n) is 13.4. The van der Waals surface area contributed by atoms with Gasteiger partial charge in [-0.25, -0.2) is 8.78 Å². The number of hydrogen-bond donors (Lipinski definition) is 4. The molecular formula is C31H31F2NO7. The SMILES string of the molecule is O=C(CC[C@H]1C(=O)N(c2ccc(F)cc2)[C@@H]1c1ccc(C[C@@H]2O[C@H](CO)[C@@H](O)[C@H](O)[C@H]2O)cc1)c1ccc(F)cc1. The van der Waals surface area contributed by atoms with Gasteiger partial charge in [0.25, 0.3) is 0 Å². The van der Waals surface area contributed by atoms with E-state index in [1.807, 2.05) is 12.1 Å². The first-order chi connectivity index (χ1) is 19.7. The number of anilines is 1. The minimum absolute atomic E-state index is 0.0883. The summed E-state index contributed by atoms with van der Waals surface area (Å²) in [6.45, 7) is -0.514. The number of amides is 1. The van der Waals surface area contributed by atoms with Crippen molar-refractivity contribution in [1.29, 1.82) is 0 Å². The first-order valence-corrected chi connectivity index (χ1v) is 13.4. The molecule has 0 radical (unpaired) electrons. The van der Waals surface area contributed by atoms with Gasteiger partial charge in [-0.05, 0) is 66.1 Å². The van der Waals surface area contributed by atoms with Crippen LogP contribution in [0.3, 0.4) is 0 Å². The molecule has 2 aliphatic rings. The Hall–Kier alpha value is -3.54. The number of ketones is 1. The number of hydrogen-bond acceptors (Lipinski definition) is 7. The van der Waals surface area contributed by atoms with Gasteiger partial charge in [-0.15, -0.1) is 0 Å². The third-order valence-corrected chi connectivity index (χ3v) is 7.92. The quantitative estimate of drug-likeness (QED) is 0.231. The van der Waals surface area contributed by atoms with Gasteiger partial charge in [0.05, 0.1) is 24.7 Å². The van der Waals surface area contributed by atoms with Gasteiger partial charge in [0.15, 0.2) is 5.78 Å². The predicted molar refractivity (Wildman–Crippen MR) is 144 cm³/mol. The van der Waals surface area contributed by atoms with E-state index in [1.54, 1.807) is 17.0 Å². The molecule has 0 saturated carbocycles. The van der Waals surface area contributed by atoms with Gasteiger partial charge in [0, 0.05) is 24.1 Å². The largest absolute Gasteiger partial charge is 0.394 e. The highest BCUT2D eigenvalue weighted by atomic mass is 19.1. The summed E-state index contributed by atoms with van der Waals surface area (Å²) in [5, 5.41) is 39.9. The number of carbonyl (C=O) groups is 2. The highest BCUT2D eigenvalue weighted by molar-refractivity contribution is 6.04. The van der Waals surface area contributed by atoms with E-state index in [2.05, 4.69) is 0 Å². The summed E-state index contributed by atoms with van der Waals surface area (Å²) in [5.41, 5.74) is 2.42. The van der Waals surface area contributed by atoms with Crippen LogP contribution < -0.4 is 4.90 Å². The molecule has 8 nitrogen and oxygen atoms in total. The number of aliphatic hydroxyl groups excluding tert-OH is 4. The van der Waals surface area contributed by atoms with Crippen molar-refractivity contribution in [2.24, 2.45) is 5.92 Å². The van der Waals surface area contributed by atoms with E-state index < -0.39 is 60.7 Å². The van der Waals surface area contributed by atoms with E-state index in [0.29, 0.717) is 11.3 Å². The predicted octanol–water partition coefficient (Wildman–Crippen LogP) is 2.72. The number of carbonyl (C=O) groups excluding carboxylic acids is 2. The average molecular weight is 568 g/mol. The molecule has 5 rings (SSSR count). The summed E-state index contributed by atoms with van der Waals surface area (Å²) in [5.74, 6) is -1.79. The molecule has 0 spiro atoms. The Morgan fingerprint density at radius 3 is 2.00 bits per heavy atom. The van der Waals surface area contributed by atoms with Crippen LogP contribution in [0.15, 0.2) is 72.8 Å². The third-order valence-electron chi connectivity index (χ3n) is 7.92. The number of benzene rings is 3. The molecule has 2 fully saturated rings. The lowest BCUT2D eigenvalue weighted by Gasteiger charge is -2.47. The van der Waals surface area contributed by atoms with Crippen molar-refractivity contribution in [1.82, 2.24) is 0 Å². The van der Waals surface area contributed by atoms with Crippen LogP contribution in [0.5, 0.6) is 0 Å². The highest BCUT2D eigenvalue weighted by Gasteiger charge is 2.48. The maximum Gasteiger partial charge on any atom is 0.233 e. The van der Waals surface area contributed by atoms with E-state index in [-0.39, 0.29) is 31.0 Å². The van der Waals surface area contributed by atoms with Crippen LogP contribution in [0.25, 0.3) is 0 Å². The molecule has 1 amide bonds. The van der Waals surface area contributed by atoms with Crippen molar-refractivity contribution in [3.63, 3.8) is 0 Å². The minimum atomic E-state index is -1.46. The molecule has 216 valence electrons. The summed E-state index contributed by atoms with van der Waals surface area (Å²) >= 11 is 0. The fraction of sp³-hybridized carbons (Fsp3) is 0.355. The lowest BCUT2D eigenvalue weighted by molar-refractivity contribution is -0.228. The average Bonchev–Trinajstić information content (AvgIpc) is 2.98. The Morgan fingerprint density at radius 2 is 1.39 bits per heavy atom. The second kappa shape index (κ2) is 12.1. The van der Waals surface area contributed by atoms with Crippen molar-refractivity contribution >= 4 is 17.4 Å². The smallest absolute Gasteiger partial charge is 0.233 e. The maximum atomic E-state index is 13.6. The zero-order valence-electron chi connectivity index (χ0n) is 22.0. The standard InChI is InChI=1S/C31H31F2NO7/c32-20-7-5-18(6-8-20)24(36)14-13-23-27(34(31(23)40)22-11-9-21(33)10-12-22)19-3-1-17(2-4-19)15-25-28(37)30(39)29(38)26(16-35)41-25/h1-12,23,25-30,35,37-39H,13-16H2/t23-,25+,26-,27-,28+,29-,30-/m1/s1. The second-order valence-electron chi connectivity index (χ2n) is 10.5. The fourth-order valence-corrected chi connectivity index (χ4v) is 5.60. The molecular weight excluding hydrogens is 536 g/mol. The Morgan fingerprint density at radius 1 is 0.805 bits per heavy atom. The van der Waals surface area contributed by atoms with Crippen LogP contribution in [0.1, 0.15) is 40.4 Å². The maximum absolute atomic E-state index is 13.6. The van der Waals surface area contributed by atoms with Crippen molar-refractivity contribution in [2.75, 3.05) is 11.5 Å². The molecule has 3 aromatic carbocycles. The van der Waals surface area contributed by atoms with E-state index >= 15 is 0 Å². The minimum Gasteiger partial charge on any atom is -0.394 e. The lowest BCUT2D eigenvalue weighted by Crippen LogP contribution is -2.59. The molecule has 0 unspecified atom stereocenters. The van der Waals surface area contributed by atoms with E-state index in [1.165, 1.54) is 48.5 Å². The van der Waals surface area contributed by atoms with Crippen LogP contribution in [-0.4, -0.2) is 69.2 Å². The van der Waals surface area contributed by atoms with Gasteiger partial charge in [-0.1, -0.05) is 24.3 Å². The van der Waals surface area contributed by atoms with Crippen LogP contribution in [0.4, 0.5) is 14.5 Å². The Balaban J connectivity index is 1.34. The monoisotopic (exact) mass is 567 g/mol. The summed E-state index contributed by atoms with van der Waals surface area (Å²) in [7, 11) is 0. The van der Waals surface area contributed by atoms with Crippen molar-refractivity contribution in [3.05, 3.63) is 101 Å². The first kappa shape index (κ1) is 29.0. The molecule has 2 saturated heterocycles. The summed E-state index contributed by atoms with van der Waals surface area (Å²) in [6, 6.07) is 17.7. The van der Waals surface area contributed by atoms with Gasteiger partial charge in [-0.3, -0.25) is 9.59 Å². The van der Waals surface area contributed by atoms with Crippen LogP contribution in [0.2, 0.25) is 0 Å². The second-order valence-corrected chi connectivity index (χ2v) is 10.5. The molecule has 10 heteroatoms. The Labute approximate surface area is 235 Å². The Kier molecular flexibility index (Phi) is 8.58. The molecule has 0 aliphatic carbocycles. The molecule has 0 aromatic heterocycles. The van der Waals surface area contributed by atoms with E-state index in [9.17, 15) is 38.8 Å². The van der Waals surface area contributed by atoms with E-state index in [4.69, 9.17) is 4.74 Å². The summed E-state index contributed by atoms with van der Waals surface area (Å²) < 4.78 is 32.5. The van der Waals surface area contributed by atoms with Crippen LogP contribution >= 0.6 is 0 Å². The van der Waals surface area contributed by atoms with E-state index in [0.717, 1.165) is 11.1 Å². The molecule has 4 N–H and O–H groups in total. The van der Waals surface area contributed by atoms with Gasteiger partial charge < -0.3 is 30.1 Å². The molecule has 2 aliphatic heterocycles. The highest BCUT2D eigenvalue weighted by Crippen LogP contribution is 2.45. The van der Waals surface area contributed by atoms with Gasteiger partial charge in [0.1, 0.15) is 36.1 Å². The van der Waals surface area contributed by atoms with Crippen LogP contribution in [0, 0.1) is 17.6 Å². The van der Waals surface area contributed by atoms with Crippen molar-refractivity contribution < 1.29 is 43.5 Å². The molecule has 3 aromatic rings. The Bertz CT molecular complexity index is 1360. The molecule has 2 heterocycles. The topological polar surface area (TPSA) is 128 Å². The zero-order valence-corrected chi connectivity index (χ0v) is 22.0. The normalized spacial score (nSPS) is 27.9. The van der Waals surface area contributed by atoms with Crippen LogP contribution in [-0.2, 0) is 16.0 Å². The number of ether oxygens (including phenoxy) is 1. The summed E-state index contributed by atoms with van der Waals surface area (Å²) in [6.07, 6.45) is -5.56. The van der Waals surface area contributed by atoms with Crippen molar-refractivity contribution in [3.8, 4) is 0 Å². The van der Waals surface area contributed by atoms with Gasteiger partial charge in [-0.2, -0.15) is 0 Å². The summed E-state index contributed by atoms with van der Waals surface area (Å²) in [4.78, 5) is 27.6. The molecule has 0 bridgehead atoms. The van der Waals surface area contributed by atoms with Crippen molar-refractivity contribution in [2.45, 2.75) is 55.8 Å². The van der Waals surface area contributed by atoms with Gasteiger partial charge >= 0.3 is 0 Å². The van der Waals surface area contributed by atoms with Gasteiger partial charge in [0.2, 0.25) is 5.91 Å². The molecule has 41 heavy (non-hydrogen) atoms. The lowest BCUT2D eigenvalue weighted by atomic mass is 9.78.